The average molecular weight is 242 g/mol. The molecule has 1 aromatic rings. The molecule has 0 spiro atoms. The van der Waals surface area contributed by atoms with Gasteiger partial charge in [-0.15, -0.1) is 0 Å². The Morgan fingerprint density at radius 2 is 2.47 bits per heavy atom. The molecule has 1 fully saturated rings. The fraction of sp³-hybridized carbons (Fsp3) is 0.600. The monoisotopic (exact) mass is 242 g/mol. The third-order valence-corrected chi connectivity index (χ3v) is 2.67. The van der Waals surface area contributed by atoms with Crippen LogP contribution in [0.4, 0.5) is 0 Å². The van der Waals surface area contributed by atoms with Crippen LogP contribution < -0.4 is 11.2 Å². The third kappa shape index (κ3) is 2.46. The smallest absolute Gasteiger partial charge is 0.330 e. The molecule has 0 aromatic carbocycles. The maximum Gasteiger partial charge on any atom is 0.330 e. The van der Waals surface area contributed by atoms with E-state index in [0.717, 1.165) is 0 Å². The van der Waals surface area contributed by atoms with E-state index in [9.17, 15) is 14.7 Å². The van der Waals surface area contributed by atoms with Crippen LogP contribution in [0, 0.1) is 0 Å². The van der Waals surface area contributed by atoms with Gasteiger partial charge in [0.1, 0.15) is 12.8 Å². The molecule has 0 bridgehead atoms. The molecular formula is C10H14N2O5. The number of nitrogens with zero attached hydrogens (tertiary/aromatic N) is 1. The summed E-state index contributed by atoms with van der Waals surface area (Å²) < 4.78 is 11.5. The number of aromatic nitrogens is 2. The van der Waals surface area contributed by atoms with Crippen LogP contribution in [0.5, 0.6) is 0 Å². The maximum atomic E-state index is 11.5. The summed E-state index contributed by atoms with van der Waals surface area (Å²) in [6.07, 6.45) is 1.62. The van der Waals surface area contributed by atoms with E-state index < -0.39 is 23.3 Å². The summed E-state index contributed by atoms with van der Waals surface area (Å²) in [6.45, 7) is 0.0433. The number of hydrogen-bond acceptors (Lipinski definition) is 5. The molecule has 94 valence electrons. The third-order valence-electron chi connectivity index (χ3n) is 2.67. The van der Waals surface area contributed by atoms with Crippen molar-refractivity contribution >= 4 is 0 Å². The molecule has 1 saturated heterocycles. The second-order valence-electron chi connectivity index (χ2n) is 4.01. The van der Waals surface area contributed by atoms with Gasteiger partial charge >= 0.3 is 5.69 Å². The molecule has 7 nitrogen and oxygen atoms in total. The zero-order valence-electron chi connectivity index (χ0n) is 9.38. The van der Waals surface area contributed by atoms with E-state index in [4.69, 9.17) is 9.47 Å². The zero-order valence-corrected chi connectivity index (χ0v) is 9.38. The van der Waals surface area contributed by atoms with Crippen LogP contribution in [0.15, 0.2) is 21.9 Å². The van der Waals surface area contributed by atoms with Gasteiger partial charge in [0, 0.05) is 25.8 Å². The van der Waals surface area contributed by atoms with Crippen LogP contribution in [0.25, 0.3) is 0 Å². The lowest BCUT2D eigenvalue weighted by Crippen LogP contribution is -2.36. The van der Waals surface area contributed by atoms with Gasteiger partial charge in [0.15, 0.2) is 5.79 Å². The lowest BCUT2D eigenvalue weighted by Gasteiger charge is -2.22. The van der Waals surface area contributed by atoms with Crippen LogP contribution in [0.3, 0.4) is 0 Å². The van der Waals surface area contributed by atoms with Crippen molar-refractivity contribution in [2.45, 2.75) is 24.9 Å². The van der Waals surface area contributed by atoms with Gasteiger partial charge in [-0.1, -0.05) is 0 Å². The second-order valence-corrected chi connectivity index (χ2v) is 4.01. The van der Waals surface area contributed by atoms with E-state index in [0.29, 0.717) is 12.8 Å². The SMILES string of the molecule is COC[C@@]1(O)CC[C@H](n2ccc(=O)[nH]c2=O)O1. The Hall–Kier alpha value is -1.44. The Kier molecular flexibility index (Phi) is 3.14. The van der Waals surface area contributed by atoms with E-state index in [-0.39, 0.29) is 6.61 Å². The molecular weight excluding hydrogens is 228 g/mol. The summed E-state index contributed by atoms with van der Waals surface area (Å²) in [5.74, 6) is -1.37. The van der Waals surface area contributed by atoms with Gasteiger partial charge in [0.2, 0.25) is 0 Å². The van der Waals surface area contributed by atoms with Crippen molar-refractivity contribution in [1.29, 1.82) is 0 Å². The first-order valence-corrected chi connectivity index (χ1v) is 5.25. The molecule has 1 aliphatic heterocycles. The van der Waals surface area contributed by atoms with Crippen LogP contribution in [0.2, 0.25) is 0 Å². The number of rotatable bonds is 3. The van der Waals surface area contributed by atoms with E-state index in [2.05, 4.69) is 4.98 Å². The highest BCUT2D eigenvalue weighted by Crippen LogP contribution is 2.33. The van der Waals surface area contributed by atoms with Crippen molar-refractivity contribution in [3.63, 3.8) is 0 Å². The quantitative estimate of drug-likeness (QED) is 0.722. The number of aromatic amines is 1. The summed E-state index contributed by atoms with van der Waals surface area (Å²) in [6, 6.07) is 1.23. The highest BCUT2D eigenvalue weighted by Gasteiger charge is 2.39. The summed E-state index contributed by atoms with van der Waals surface area (Å²) in [7, 11) is 1.46. The summed E-state index contributed by atoms with van der Waals surface area (Å²) in [5, 5.41) is 9.93. The lowest BCUT2D eigenvalue weighted by atomic mass is 10.2. The van der Waals surface area contributed by atoms with Gasteiger partial charge in [-0.3, -0.25) is 14.3 Å². The minimum absolute atomic E-state index is 0.0433. The summed E-state index contributed by atoms with van der Waals surface area (Å²) in [5.41, 5.74) is -1.01. The van der Waals surface area contributed by atoms with Crippen molar-refractivity contribution in [1.82, 2.24) is 9.55 Å². The molecule has 0 amide bonds. The maximum absolute atomic E-state index is 11.5. The molecule has 2 atom stereocenters. The molecule has 0 radical (unpaired) electrons. The van der Waals surface area contributed by atoms with Crippen molar-refractivity contribution in [3.8, 4) is 0 Å². The number of ether oxygens (including phenoxy) is 2. The molecule has 2 N–H and O–H groups in total. The molecule has 0 saturated carbocycles. The fourth-order valence-electron chi connectivity index (χ4n) is 1.90. The topological polar surface area (TPSA) is 93.5 Å². The number of aliphatic hydroxyl groups is 1. The van der Waals surface area contributed by atoms with E-state index >= 15 is 0 Å². The predicted molar refractivity (Wildman–Crippen MR) is 57.5 cm³/mol. The highest BCUT2D eigenvalue weighted by molar-refractivity contribution is 4.87. The van der Waals surface area contributed by atoms with Gasteiger partial charge in [-0.2, -0.15) is 0 Å². The van der Waals surface area contributed by atoms with Crippen molar-refractivity contribution in [2.24, 2.45) is 0 Å². The second kappa shape index (κ2) is 4.44. The first-order valence-electron chi connectivity index (χ1n) is 5.25. The van der Waals surface area contributed by atoms with Crippen LogP contribution in [-0.4, -0.2) is 34.2 Å². The Bertz CT molecular complexity index is 508. The minimum atomic E-state index is -1.37. The summed E-state index contributed by atoms with van der Waals surface area (Å²) in [4.78, 5) is 24.6. The molecule has 7 heteroatoms. The molecule has 2 heterocycles. The van der Waals surface area contributed by atoms with Crippen molar-refractivity contribution < 1.29 is 14.6 Å². The fourth-order valence-corrected chi connectivity index (χ4v) is 1.90. The summed E-state index contributed by atoms with van der Waals surface area (Å²) >= 11 is 0. The van der Waals surface area contributed by atoms with Gasteiger partial charge in [0.25, 0.3) is 5.56 Å². The van der Waals surface area contributed by atoms with Crippen molar-refractivity contribution in [3.05, 3.63) is 33.1 Å². The standard InChI is InChI=1S/C10H14N2O5/c1-16-6-10(15)4-2-8(17-10)12-5-3-7(13)11-9(12)14/h3,5,8,15H,2,4,6H2,1H3,(H,11,13,14)/t8-,10-/m1/s1. The zero-order chi connectivity index (χ0) is 12.5. The number of methoxy groups -OCH3 is 1. The van der Waals surface area contributed by atoms with E-state index in [1.54, 1.807) is 0 Å². The van der Waals surface area contributed by atoms with Gasteiger partial charge < -0.3 is 14.6 Å². The Morgan fingerprint density at radius 1 is 1.71 bits per heavy atom. The Morgan fingerprint density at radius 3 is 3.12 bits per heavy atom. The van der Waals surface area contributed by atoms with Crippen LogP contribution >= 0.6 is 0 Å². The first-order chi connectivity index (χ1) is 8.04. The van der Waals surface area contributed by atoms with Crippen LogP contribution in [0.1, 0.15) is 19.1 Å². The lowest BCUT2D eigenvalue weighted by molar-refractivity contribution is -0.230. The number of hydrogen-bond donors (Lipinski definition) is 2. The number of H-pyrrole nitrogens is 1. The van der Waals surface area contributed by atoms with E-state index in [1.807, 2.05) is 0 Å². The highest BCUT2D eigenvalue weighted by atomic mass is 16.7. The van der Waals surface area contributed by atoms with Gasteiger partial charge in [-0.05, 0) is 6.42 Å². The molecule has 0 unspecified atom stereocenters. The van der Waals surface area contributed by atoms with Crippen LogP contribution in [-0.2, 0) is 9.47 Å². The molecule has 17 heavy (non-hydrogen) atoms. The predicted octanol–water partition coefficient (Wildman–Crippen LogP) is -0.819. The molecule has 1 aromatic heterocycles. The molecule has 1 aliphatic rings. The molecule has 2 rings (SSSR count). The minimum Gasteiger partial charge on any atom is -0.379 e. The Balaban J connectivity index is 2.21. The largest absolute Gasteiger partial charge is 0.379 e. The Labute approximate surface area is 96.6 Å². The van der Waals surface area contributed by atoms with Crippen molar-refractivity contribution in [2.75, 3.05) is 13.7 Å². The van der Waals surface area contributed by atoms with Gasteiger partial charge in [-0.25, -0.2) is 4.79 Å². The van der Waals surface area contributed by atoms with E-state index in [1.165, 1.54) is 23.9 Å². The molecule has 0 aliphatic carbocycles. The first kappa shape index (κ1) is 12.0. The average Bonchev–Trinajstić information content (AvgIpc) is 2.61. The normalized spacial score (nSPS) is 28.5. The van der Waals surface area contributed by atoms with Gasteiger partial charge in [0.05, 0.1) is 0 Å². The number of nitrogens with one attached hydrogen (secondary N) is 1.